The summed E-state index contributed by atoms with van der Waals surface area (Å²) in [6.07, 6.45) is 4.54. The molecule has 4 aliphatic rings. The van der Waals surface area contributed by atoms with Gasteiger partial charge in [-0.1, -0.05) is 185 Å². The van der Waals surface area contributed by atoms with Crippen molar-refractivity contribution in [2.75, 3.05) is 9.80 Å². The van der Waals surface area contributed by atoms with Gasteiger partial charge in [-0.15, -0.1) is 0 Å². The molecule has 2 aliphatic heterocycles. The molecule has 0 unspecified atom stereocenters. The van der Waals surface area contributed by atoms with Crippen molar-refractivity contribution in [3.63, 3.8) is 0 Å². The second-order valence-corrected chi connectivity index (χ2v) is 26.3. The fourth-order valence-electron chi connectivity index (χ4n) is 13.7. The molecule has 1 aromatic heterocycles. The molecule has 9 aromatic rings. The van der Waals surface area contributed by atoms with Crippen LogP contribution in [0.4, 0.5) is 34.1 Å². The summed E-state index contributed by atoms with van der Waals surface area (Å²) in [5.74, 6) is 0. The van der Waals surface area contributed by atoms with Crippen molar-refractivity contribution in [3.05, 3.63) is 197 Å². The van der Waals surface area contributed by atoms with Gasteiger partial charge in [0, 0.05) is 39.3 Å². The molecule has 0 spiro atoms. The topological polar surface area (TPSA) is 19.6 Å². The SMILES string of the molecule is Cc1cc2c3c(c1)N(c1ccc(-c4ccccc4)cc1)c1c(oc4cc5c(cc14)C(C)(C)CCC5(C)C)B3c1cc3c(cc1N2c1c(-c2ccccc2)cc(C(C)(C)C)cc1-c1ccccc1)C(C)(C)CCC3(C)C. The van der Waals surface area contributed by atoms with Crippen LogP contribution in [0.5, 0.6) is 0 Å². The van der Waals surface area contributed by atoms with Crippen LogP contribution in [0.2, 0.25) is 0 Å². The average molecular weight is 979 g/mol. The molecule has 0 amide bonds. The number of nitrogens with zero attached hydrogens (tertiary/aromatic N) is 2. The van der Waals surface area contributed by atoms with Crippen LogP contribution in [0.3, 0.4) is 0 Å². The summed E-state index contributed by atoms with van der Waals surface area (Å²) in [5, 5.41) is 1.19. The lowest BCUT2D eigenvalue weighted by Gasteiger charge is -2.47. The number of benzene rings is 8. The molecule has 2 aliphatic carbocycles. The van der Waals surface area contributed by atoms with E-state index in [2.05, 4.69) is 257 Å². The zero-order valence-electron chi connectivity index (χ0n) is 46.3. The lowest BCUT2D eigenvalue weighted by molar-refractivity contribution is 0.332. The molecule has 0 fully saturated rings. The summed E-state index contributed by atoms with van der Waals surface area (Å²) >= 11 is 0. The van der Waals surface area contributed by atoms with Crippen molar-refractivity contribution in [1.82, 2.24) is 0 Å². The van der Waals surface area contributed by atoms with E-state index in [1.165, 1.54) is 106 Å². The largest absolute Gasteiger partial charge is 0.468 e. The van der Waals surface area contributed by atoms with Gasteiger partial charge in [-0.3, -0.25) is 0 Å². The predicted octanol–water partition coefficient (Wildman–Crippen LogP) is 17.8. The Hall–Kier alpha value is -7.04. The number of fused-ring (bicyclic) bond motifs is 8. The van der Waals surface area contributed by atoms with E-state index < -0.39 is 0 Å². The summed E-state index contributed by atoms with van der Waals surface area (Å²) < 4.78 is 7.76. The van der Waals surface area contributed by atoms with Gasteiger partial charge in [-0.2, -0.15) is 0 Å². The first-order chi connectivity index (χ1) is 35.7. The molecule has 4 heteroatoms. The van der Waals surface area contributed by atoms with Crippen LogP contribution in [0.25, 0.3) is 44.3 Å². The van der Waals surface area contributed by atoms with Crippen molar-refractivity contribution in [2.24, 2.45) is 0 Å². The van der Waals surface area contributed by atoms with E-state index in [0.717, 1.165) is 48.3 Å². The third-order valence-electron chi connectivity index (χ3n) is 18.4. The third kappa shape index (κ3) is 7.44. The van der Waals surface area contributed by atoms with E-state index in [4.69, 9.17) is 4.42 Å². The number of furan rings is 1. The Labute approximate surface area is 446 Å². The Morgan fingerprint density at radius 1 is 0.453 bits per heavy atom. The Balaban J connectivity index is 1.19. The highest BCUT2D eigenvalue weighted by Crippen LogP contribution is 2.56. The molecule has 0 N–H and O–H groups in total. The maximum atomic E-state index is 7.76. The fraction of sp³-hybridized carbons (Fsp3) is 0.296. The van der Waals surface area contributed by atoms with Gasteiger partial charge in [0.05, 0.1) is 17.0 Å². The Kier molecular flexibility index (Phi) is 10.5. The van der Waals surface area contributed by atoms with Crippen LogP contribution in [0.15, 0.2) is 168 Å². The fourth-order valence-corrected chi connectivity index (χ4v) is 13.7. The Morgan fingerprint density at radius 3 is 1.43 bits per heavy atom. The summed E-state index contributed by atoms with van der Waals surface area (Å²) in [6.45, 7) is 28.8. The Morgan fingerprint density at radius 2 is 0.907 bits per heavy atom. The summed E-state index contributed by atoms with van der Waals surface area (Å²) in [5.41, 5.74) is 27.2. The minimum atomic E-state index is -0.178. The smallest absolute Gasteiger partial charge is 0.297 e. The molecule has 75 heavy (non-hydrogen) atoms. The van der Waals surface area contributed by atoms with E-state index in [1.54, 1.807) is 0 Å². The normalized spacial score (nSPS) is 17.5. The predicted molar refractivity (Wildman–Crippen MR) is 321 cm³/mol. The minimum absolute atomic E-state index is 0.0199. The molecule has 0 bridgehead atoms. The second-order valence-electron chi connectivity index (χ2n) is 26.3. The first kappa shape index (κ1) is 47.7. The molecule has 0 saturated heterocycles. The molecule has 3 heterocycles. The lowest BCUT2D eigenvalue weighted by atomic mass is 9.35. The maximum absolute atomic E-state index is 7.76. The van der Waals surface area contributed by atoms with Gasteiger partial charge < -0.3 is 14.2 Å². The van der Waals surface area contributed by atoms with Crippen LogP contribution in [-0.2, 0) is 27.1 Å². The van der Waals surface area contributed by atoms with E-state index in [0.29, 0.717) is 0 Å². The monoisotopic (exact) mass is 979 g/mol. The van der Waals surface area contributed by atoms with E-state index in [9.17, 15) is 0 Å². The summed E-state index contributed by atoms with van der Waals surface area (Å²) in [6, 6.07) is 62.6. The molecule has 0 atom stereocenters. The molecule has 0 saturated carbocycles. The highest BCUT2D eigenvalue weighted by molar-refractivity contribution is 7.00. The molecule has 0 radical (unpaired) electrons. The van der Waals surface area contributed by atoms with Gasteiger partial charge in [0.1, 0.15) is 5.58 Å². The van der Waals surface area contributed by atoms with E-state index in [1.807, 2.05) is 0 Å². The molecular formula is C71H71BN2O. The maximum Gasteiger partial charge on any atom is 0.297 e. The van der Waals surface area contributed by atoms with Crippen LogP contribution < -0.4 is 26.4 Å². The van der Waals surface area contributed by atoms with Crippen molar-refractivity contribution in [1.29, 1.82) is 0 Å². The number of hydrogen-bond acceptors (Lipinski definition) is 3. The minimum Gasteiger partial charge on any atom is -0.468 e. The van der Waals surface area contributed by atoms with Gasteiger partial charge in [0.25, 0.3) is 6.71 Å². The van der Waals surface area contributed by atoms with Crippen LogP contribution in [0, 0.1) is 6.92 Å². The highest BCUT2D eigenvalue weighted by atomic mass is 16.3. The first-order valence-corrected chi connectivity index (χ1v) is 27.7. The Bertz CT molecular complexity index is 3700. The molecule has 3 nitrogen and oxygen atoms in total. The average Bonchev–Trinajstić information content (AvgIpc) is 3.78. The van der Waals surface area contributed by atoms with Crippen molar-refractivity contribution < 1.29 is 4.42 Å². The molecule has 13 rings (SSSR count). The highest BCUT2D eigenvalue weighted by Gasteiger charge is 2.50. The zero-order chi connectivity index (χ0) is 52.1. The van der Waals surface area contributed by atoms with Crippen LogP contribution in [0.1, 0.15) is 135 Å². The number of rotatable bonds is 5. The number of hydrogen-bond donors (Lipinski definition) is 0. The van der Waals surface area contributed by atoms with Crippen molar-refractivity contribution in [2.45, 2.75) is 136 Å². The second kappa shape index (κ2) is 16.5. The standard InChI is InChI=1S/C71H71BN2O/c1-44-36-60-63-61(37-44)74(64-51(47-24-18-14-19-25-47)38-49(67(2,3)4)39-52(64)48-26-20-15-21-27-48)59-42-56-55(69(7,8)33-34-70(56,9)10)41-58(59)72(63)66-65(73(60)50-30-28-46(29-31-50)45-22-16-13-17-23-45)53-40-54-57(43-62(53)75-66)71(11,12)35-32-68(54,5)6/h13-31,36-43H,32-35H2,1-12H3. The van der Waals surface area contributed by atoms with Crippen molar-refractivity contribution >= 4 is 68.4 Å². The van der Waals surface area contributed by atoms with Crippen molar-refractivity contribution in [3.8, 4) is 33.4 Å². The van der Waals surface area contributed by atoms with Crippen LogP contribution >= 0.6 is 0 Å². The quantitative estimate of drug-likeness (QED) is 0.160. The summed E-state index contributed by atoms with van der Waals surface area (Å²) in [7, 11) is 0. The van der Waals surface area contributed by atoms with Gasteiger partial charge in [0.15, 0.2) is 0 Å². The lowest BCUT2D eigenvalue weighted by Crippen LogP contribution is -2.61. The van der Waals surface area contributed by atoms with Gasteiger partial charge in [-0.25, -0.2) is 0 Å². The van der Waals surface area contributed by atoms with E-state index in [-0.39, 0.29) is 33.8 Å². The summed E-state index contributed by atoms with van der Waals surface area (Å²) in [4.78, 5) is 5.29. The van der Waals surface area contributed by atoms with Gasteiger partial charge in [0.2, 0.25) is 0 Å². The number of aryl methyl sites for hydroxylation is 1. The van der Waals surface area contributed by atoms with Gasteiger partial charge >= 0.3 is 0 Å². The molecule has 8 aromatic carbocycles. The molecular weight excluding hydrogens is 908 g/mol. The molecule has 374 valence electrons. The number of anilines is 6. The first-order valence-electron chi connectivity index (χ1n) is 27.7. The zero-order valence-corrected chi connectivity index (χ0v) is 46.3. The van der Waals surface area contributed by atoms with E-state index >= 15 is 0 Å². The van der Waals surface area contributed by atoms with Crippen LogP contribution in [-0.4, -0.2) is 6.71 Å². The third-order valence-corrected chi connectivity index (χ3v) is 18.4. The van der Waals surface area contributed by atoms with Gasteiger partial charge in [-0.05, 0) is 181 Å².